The third-order valence-electron chi connectivity index (χ3n) is 5.09. The van der Waals surface area contributed by atoms with E-state index in [1.54, 1.807) is 12.1 Å². The monoisotopic (exact) mass is 423 g/mol. The molecule has 3 aromatic rings. The fraction of sp³-hybridized carbons (Fsp3) is 0.143. The van der Waals surface area contributed by atoms with Crippen LogP contribution in [0.1, 0.15) is 39.4 Å². The van der Waals surface area contributed by atoms with Gasteiger partial charge in [-0.25, -0.2) is 0 Å². The van der Waals surface area contributed by atoms with Crippen molar-refractivity contribution in [3.05, 3.63) is 86.8 Å². The molecule has 0 unspecified atom stereocenters. The molecule has 0 amide bonds. The summed E-state index contributed by atoms with van der Waals surface area (Å²) in [4.78, 5) is 36.2. The van der Waals surface area contributed by atoms with Crippen molar-refractivity contribution in [2.75, 3.05) is 11.1 Å². The molecule has 0 saturated carbocycles. The molecule has 1 aliphatic heterocycles. The molecule has 9 heteroatoms. The maximum absolute atomic E-state index is 13.1. The predicted octanol–water partition coefficient (Wildman–Crippen LogP) is 4.34. The van der Waals surface area contributed by atoms with Gasteiger partial charge < -0.3 is 15.5 Å². The zero-order valence-electron chi connectivity index (χ0n) is 15.9. The standard InChI is InChI=1S/C21H17N3O5S/c1-10-15(11(2)25)16(14-7-4-8-29-14)17-18(22)20(30-21(17)23-10)19(26)12-5-3-6-13(9-12)24(27)28/h3-9,15-16,23H,1,22H2,2H3/t15-,16-/m0/s1. The Hall–Kier alpha value is -3.72. The molecule has 0 saturated heterocycles. The Balaban J connectivity index is 1.85. The second-order valence-corrected chi connectivity index (χ2v) is 7.98. The van der Waals surface area contributed by atoms with Gasteiger partial charge in [0.05, 0.1) is 33.7 Å². The number of nitro benzene ring substituents is 1. The van der Waals surface area contributed by atoms with E-state index in [9.17, 15) is 19.7 Å². The zero-order chi connectivity index (χ0) is 21.6. The number of carbonyl (C=O) groups is 2. The number of benzene rings is 1. The van der Waals surface area contributed by atoms with E-state index < -0.39 is 22.5 Å². The summed E-state index contributed by atoms with van der Waals surface area (Å²) < 4.78 is 5.58. The molecule has 3 N–H and O–H groups in total. The van der Waals surface area contributed by atoms with Crippen LogP contribution in [0.25, 0.3) is 0 Å². The van der Waals surface area contributed by atoms with Gasteiger partial charge >= 0.3 is 0 Å². The van der Waals surface area contributed by atoms with Gasteiger partial charge in [-0.2, -0.15) is 0 Å². The highest BCUT2D eigenvalue weighted by atomic mass is 32.1. The molecule has 2 atom stereocenters. The maximum Gasteiger partial charge on any atom is 0.270 e. The Bertz CT molecular complexity index is 1200. The number of hydrogen-bond acceptors (Lipinski definition) is 8. The molecular formula is C21H17N3O5S. The Morgan fingerprint density at radius 1 is 1.30 bits per heavy atom. The van der Waals surface area contributed by atoms with Gasteiger partial charge in [-0.15, -0.1) is 11.3 Å². The SMILES string of the molecule is C=C1Nc2sc(C(=O)c3cccc([N+](=O)[O-])c3)c(N)c2[C@@H](c2ccco2)[C@@H]1C(C)=O. The van der Waals surface area contributed by atoms with Crippen LogP contribution in [0.3, 0.4) is 0 Å². The summed E-state index contributed by atoms with van der Waals surface area (Å²) in [5.74, 6) is -1.14. The number of nitro groups is 1. The first-order valence-corrected chi connectivity index (χ1v) is 9.82. The van der Waals surface area contributed by atoms with Gasteiger partial charge in [-0.1, -0.05) is 18.7 Å². The average Bonchev–Trinajstić information content (AvgIpc) is 3.34. The topological polar surface area (TPSA) is 128 Å². The third-order valence-corrected chi connectivity index (χ3v) is 6.23. The van der Waals surface area contributed by atoms with E-state index in [0.717, 1.165) is 11.3 Å². The molecule has 1 aliphatic rings. The van der Waals surface area contributed by atoms with E-state index in [0.29, 0.717) is 22.0 Å². The molecule has 4 rings (SSSR count). The van der Waals surface area contributed by atoms with E-state index in [1.807, 2.05) is 0 Å². The molecule has 0 bridgehead atoms. The molecule has 0 fully saturated rings. The number of ketones is 2. The lowest BCUT2D eigenvalue weighted by Crippen LogP contribution is -2.30. The van der Waals surface area contributed by atoms with Gasteiger partial charge in [0.1, 0.15) is 16.4 Å². The fourth-order valence-corrected chi connectivity index (χ4v) is 4.93. The molecule has 0 radical (unpaired) electrons. The number of fused-ring (bicyclic) bond motifs is 1. The number of Topliss-reactive ketones (excluding diaryl/α,β-unsaturated/α-hetero) is 1. The fourth-order valence-electron chi connectivity index (χ4n) is 3.76. The first kappa shape index (κ1) is 19.6. The number of nitrogens with one attached hydrogen (secondary N) is 1. The number of non-ortho nitro benzene ring substituents is 1. The van der Waals surface area contributed by atoms with Crippen LogP contribution in [0.4, 0.5) is 16.4 Å². The van der Waals surface area contributed by atoms with Crippen molar-refractivity contribution in [2.24, 2.45) is 5.92 Å². The Kier molecular flexibility index (Phi) is 4.75. The van der Waals surface area contributed by atoms with Crippen molar-refractivity contribution >= 4 is 39.3 Å². The molecule has 0 aliphatic carbocycles. The highest BCUT2D eigenvalue weighted by Crippen LogP contribution is 2.52. The van der Waals surface area contributed by atoms with Crippen LogP contribution in [-0.4, -0.2) is 16.5 Å². The summed E-state index contributed by atoms with van der Waals surface area (Å²) >= 11 is 1.13. The van der Waals surface area contributed by atoms with E-state index in [-0.39, 0.29) is 27.6 Å². The smallest absolute Gasteiger partial charge is 0.270 e. The Morgan fingerprint density at radius 2 is 2.07 bits per heavy atom. The van der Waals surface area contributed by atoms with Crippen LogP contribution in [0.15, 0.2) is 59.4 Å². The third kappa shape index (κ3) is 3.09. The summed E-state index contributed by atoms with van der Waals surface area (Å²) in [5.41, 5.74) is 7.68. The molecule has 1 aromatic carbocycles. The number of anilines is 2. The van der Waals surface area contributed by atoms with Gasteiger partial charge in [0, 0.05) is 29.0 Å². The van der Waals surface area contributed by atoms with Crippen molar-refractivity contribution in [1.82, 2.24) is 0 Å². The first-order chi connectivity index (χ1) is 14.3. The Morgan fingerprint density at radius 3 is 2.70 bits per heavy atom. The molecule has 8 nitrogen and oxygen atoms in total. The van der Waals surface area contributed by atoms with Crippen LogP contribution in [0.5, 0.6) is 0 Å². The van der Waals surface area contributed by atoms with Crippen LogP contribution >= 0.6 is 11.3 Å². The summed E-state index contributed by atoms with van der Waals surface area (Å²) in [6.07, 6.45) is 1.51. The number of allylic oxidation sites excluding steroid dienone is 1. The van der Waals surface area contributed by atoms with Crippen molar-refractivity contribution in [3.63, 3.8) is 0 Å². The summed E-state index contributed by atoms with van der Waals surface area (Å²) in [6.45, 7) is 5.45. The number of furan rings is 1. The van der Waals surface area contributed by atoms with Crippen LogP contribution in [0.2, 0.25) is 0 Å². The van der Waals surface area contributed by atoms with Crippen LogP contribution in [-0.2, 0) is 4.79 Å². The minimum absolute atomic E-state index is 0.114. The average molecular weight is 423 g/mol. The highest BCUT2D eigenvalue weighted by Gasteiger charge is 2.42. The van der Waals surface area contributed by atoms with E-state index >= 15 is 0 Å². The molecular weight excluding hydrogens is 406 g/mol. The van der Waals surface area contributed by atoms with Crippen molar-refractivity contribution in [2.45, 2.75) is 12.8 Å². The molecule has 3 heterocycles. The van der Waals surface area contributed by atoms with Gasteiger partial charge in [0.25, 0.3) is 5.69 Å². The summed E-state index contributed by atoms with van der Waals surface area (Å²) in [6, 6.07) is 8.95. The molecule has 0 spiro atoms. The lowest BCUT2D eigenvalue weighted by molar-refractivity contribution is -0.384. The lowest BCUT2D eigenvalue weighted by Gasteiger charge is -2.31. The summed E-state index contributed by atoms with van der Waals surface area (Å²) in [5, 5.41) is 14.8. The highest BCUT2D eigenvalue weighted by molar-refractivity contribution is 7.19. The van der Waals surface area contributed by atoms with E-state index in [4.69, 9.17) is 10.2 Å². The lowest BCUT2D eigenvalue weighted by atomic mass is 9.78. The first-order valence-electron chi connectivity index (χ1n) is 9.00. The van der Waals surface area contributed by atoms with Gasteiger partial charge in [0.2, 0.25) is 5.78 Å². The largest absolute Gasteiger partial charge is 0.469 e. The normalized spacial score (nSPS) is 17.8. The number of nitrogens with two attached hydrogens (primary N) is 1. The molecule has 30 heavy (non-hydrogen) atoms. The summed E-state index contributed by atoms with van der Waals surface area (Å²) in [7, 11) is 0. The quantitative estimate of drug-likeness (QED) is 0.355. The predicted molar refractivity (Wildman–Crippen MR) is 113 cm³/mol. The molecule has 2 aromatic heterocycles. The second kappa shape index (κ2) is 7.27. The Labute approximate surface area is 175 Å². The van der Waals surface area contributed by atoms with E-state index in [1.165, 1.54) is 37.5 Å². The number of hydrogen-bond donors (Lipinski definition) is 2. The van der Waals surface area contributed by atoms with E-state index in [2.05, 4.69) is 11.9 Å². The second-order valence-electron chi connectivity index (χ2n) is 6.96. The van der Waals surface area contributed by atoms with Gasteiger partial charge in [-0.05, 0) is 19.1 Å². The maximum atomic E-state index is 13.1. The molecule has 152 valence electrons. The number of carbonyl (C=O) groups excluding carboxylic acids is 2. The van der Waals surface area contributed by atoms with Crippen LogP contribution in [0, 0.1) is 16.0 Å². The minimum atomic E-state index is -0.610. The number of nitrogen functional groups attached to an aromatic ring is 1. The van der Waals surface area contributed by atoms with Crippen LogP contribution < -0.4 is 11.1 Å². The minimum Gasteiger partial charge on any atom is -0.469 e. The number of thiophene rings is 1. The number of nitrogens with zero attached hydrogens (tertiary/aromatic N) is 1. The van der Waals surface area contributed by atoms with Crippen molar-refractivity contribution in [1.29, 1.82) is 0 Å². The van der Waals surface area contributed by atoms with Gasteiger partial charge in [0.15, 0.2) is 0 Å². The van der Waals surface area contributed by atoms with Crippen molar-refractivity contribution < 1.29 is 18.9 Å². The zero-order valence-corrected chi connectivity index (χ0v) is 16.7. The van der Waals surface area contributed by atoms with Crippen molar-refractivity contribution in [3.8, 4) is 0 Å². The van der Waals surface area contributed by atoms with Gasteiger partial charge in [-0.3, -0.25) is 19.7 Å². The number of rotatable bonds is 5.